The van der Waals surface area contributed by atoms with Crippen molar-refractivity contribution < 1.29 is 14.4 Å². The Bertz CT molecular complexity index is 425. The van der Waals surface area contributed by atoms with E-state index in [-0.39, 0.29) is 6.42 Å². The van der Waals surface area contributed by atoms with Crippen molar-refractivity contribution in [1.82, 2.24) is 0 Å². The topological polar surface area (TPSA) is 40.1 Å². The third kappa shape index (κ3) is 8.17. The number of unbranched alkanes of at least 4 members (excludes halogenated alkanes) is 1. The Morgan fingerprint density at radius 2 is 1.74 bits per heavy atom. The smallest absolute Gasteiger partial charge is 0.0788 e. The van der Waals surface area contributed by atoms with Gasteiger partial charge in [0, 0.05) is 18.8 Å². The van der Waals surface area contributed by atoms with Crippen LogP contribution < -0.4 is 5.11 Å². The predicted molar refractivity (Wildman–Crippen MR) is 93.9 cm³/mol. The molecule has 0 atom stereocenters. The van der Waals surface area contributed by atoms with Crippen LogP contribution in [0.25, 0.3) is 0 Å². The van der Waals surface area contributed by atoms with E-state index in [1.54, 1.807) is 6.92 Å². The lowest BCUT2D eigenvalue weighted by Gasteiger charge is -2.33. The molecule has 0 aromatic heterocycles. The summed E-state index contributed by atoms with van der Waals surface area (Å²) in [5, 5.41) is 9.49. The first-order chi connectivity index (χ1) is 11.1. The standard InChI is InChI=1S/C16H26N.C4H8O2/c1-2-17(14-8-9-15-17)13-7-6-12-16-10-4-3-5-11-16;1-2-3-4(5)6/h3-5,10-11H,2,6-9,12-15H2,1H3;2-3H2,1H3,(H,5,6)/q+1;/p-1. The summed E-state index contributed by atoms with van der Waals surface area (Å²) < 4.78 is 1.40. The van der Waals surface area contributed by atoms with Gasteiger partial charge >= 0.3 is 0 Å². The fraction of sp³-hybridized carbons (Fsp3) is 0.650. The average Bonchev–Trinajstić information content (AvgIpc) is 3.03. The highest BCUT2D eigenvalue weighted by Gasteiger charge is 2.28. The largest absolute Gasteiger partial charge is 0.550 e. The summed E-state index contributed by atoms with van der Waals surface area (Å²) in [5.74, 6) is -0.961. The second kappa shape index (κ2) is 11.2. The summed E-state index contributed by atoms with van der Waals surface area (Å²) >= 11 is 0. The molecule has 2 rings (SSSR count). The number of carbonyl (C=O) groups excluding carboxylic acids is 1. The Hall–Kier alpha value is -1.35. The van der Waals surface area contributed by atoms with Crippen LogP contribution in [-0.4, -0.2) is 36.6 Å². The highest BCUT2D eigenvalue weighted by atomic mass is 16.4. The number of carboxylic acid groups (broad SMARTS) is 1. The lowest BCUT2D eigenvalue weighted by molar-refractivity contribution is -0.915. The van der Waals surface area contributed by atoms with Crippen molar-refractivity contribution in [1.29, 1.82) is 0 Å². The van der Waals surface area contributed by atoms with Gasteiger partial charge in [-0.1, -0.05) is 43.7 Å². The number of likely N-dealkylation sites (tertiary alicyclic amines) is 1. The van der Waals surface area contributed by atoms with Gasteiger partial charge in [-0.15, -0.1) is 0 Å². The van der Waals surface area contributed by atoms with Gasteiger partial charge in [0.05, 0.1) is 26.2 Å². The summed E-state index contributed by atoms with van der Waals surface area (Å²) in [6, 6.07) is 10.9. The molecule has 1 heterocycles. The number of benzene rings is 1. The van der Waals surface area contributed by atoms with Gasteiger partial charge in [0.15, 0.2) is 0 Å². The SMILES string of the molecule is CCCC(=O)[O-].CC[N+]1(CCCCc2ccccc2)CCCC1. The molecule has 1 aromatic rings. The van der Waals surface area contributed by atoms with Crippen LogP contribution in [0, 0.1) is 0 Å². The molecule has 0 radical (unpaired) electrons. The van der Waals surface area contributed by atoms with Gasteiger partial charge in [0.2, 0.25) is 0 Å². The van der Waals surface area contributed by atoms with Crippen LogP contribution in [0.3, 0.4) is 0 Å². The minimum absolute atomic E-state index is 0.181. The molecule has 3 heteroatoms. The third-order valence-corrected chi connectivity index (χ3v) is 4.83. The van der Waals surface area contributed by atoms with Crippen molar-refractivity contribution in [2.24, 2.45) is 0 Å². The Morgan fingerprint density at radius 1 is 1.09 bits per heavy atom. The molecule has 0 unspecified atom stereocenters. The van der Waals surface area contributed by atoms with Crippen molar-refractivity contribution in [3.63, 3.8) is 0 Å². The maximum atomic E-state index is 9.49. The van der Waals surface area contributed by atoms with Gasteiger partial charge in [0.25, 0.3) is 0 Å². The van der Waals surface area contributed by atoms with E-state index in [1.165, 1.54) is 68.3 Å². The molecule has 1 aliphatic rings. The lowest BCUT2D eigenvalue weighted by Crippen LogP contribution is -2.45. The summed E-state index contributed by atoms with van der Waals surface area (Å²) in [5.41, 5.74) is 1.50. The van der Waals surface area contributed by atoms with E-state index in [0.717, 1.165) is 0 Å². The normalized spacial score (nSPS) is 15.7. The second-order valence-electron chi connectivity index (χ2n) is 6.60. The molecule has 1 aliphatic heterocycles. The molecule has 0 saturated carbocycles. The van der Waals surface area contributed by atoms with E-state index in [4.69, 9.17) is 0 Å². The van der Waals surface area contributed by atoms with E-state index in [1.807, 2.05) is 0 Å². The Morgan fingerprint density at radius 3 is 2.22 bits per heavy atom. The van der Waals surface area contributed by atoms with E-state index >= 15 is 0 Å². The summed E-state index contributed by atoms with van der Waals surface area (Å²) in [4.78, 5) is 9.49. The number of hydrogen-bond acceptors (Lipinski definition) is 2. The Labute approximate surface area is 141 Å². The van der Waals surface area contributed by atoms with Crippen molar-refractivity contribution in [2.45, 2.75) is 58.8 Å². The quantitative estimate of drug-likeness (QED) is 0.545. The minimum Gasteiger partial charge on any atom is -0.550 e. The maximum Gasteiger partial charge on any atom is 0.0788 e. The van der Waals surface area contributed by atoms with Crippen molar-refractivity contribution in [3.8, 4) is 0 Å². The maximum absolute atomic E-state index is 9.49. The van der Waals surface area contributed by atoms with Crippen molar-refractivity contribution in [2.75, 3.05) is 26.2 Å². The lowest BCUT2D eigenvalue weighted by atomic mass is 10.1. The van der Waals surface area contributed by atoms with Crippen LogP contribution in [0.1, 0.15) is 57.9 Å². The molecule has 0 aliphatic carbocycles. The molecule has 3 nitrogen and oxygen atoms in total. The number of aliphatic carboxylic acids is 1. The predicted octanol–water partition coefficient (Wildman–Crippen LogP) is 3.18. The fourth-order valence-corrected chi connectivity index (χ4v) is 3.33. The number of aryl methyl sites for hydroxylation is 1. The first kappa shape index (κ1) is 19.7. The molecule has 1 aromatic carbocycles. The number of hydrogen-bond donors (Lipinski definition) is 0. The van der Waals surface area contributed by atoms with Gasteiger partial charge in [-0.2, -0.15) is 0 Å². The molecule has 130 valence electrons. The number of carbonyl (C=O) groups is 1. The minimum atomic E-state index is -0.961. The van der Waals surface area contributed by atoms with E-state index in [2.05, 4.69) is 37.3 Å². The highest BCUT2D eigenvalue weighted by Crippen LogP contribution is 2.20. The number of carboxylic acids is 1. The van der Waals surface area contributed by atoms with Crippen LogP contribution in [0.15, 0.2) is 30.3 Å². The van der Waals surface area contributed by atoms with Crippen LogP contribution in [0.5, 0.6) is 0 Å². The molecule has 0 amide bonds. The van der Waals surface area contributed by atoms with Gasteiger partial charge in [0.1, 0.15) is 0 Å². The van der Waals surface area contributed by atoms with Gasteiger partial charge in [-0.3, -0.25) is 0 Å². The number of rotatable bonds is 8. The zero-order valence-corrected chi connectivity index (χ0v) is 14.9. The molecule has 0 N–H and O–H groups in total. The van der Waals surface area contributed by atoms with Crippen LogP contribution >= 0.6 is 0 Å². The van der Waals surface area contributed by atoms with E-state index < -0.39 is 5.97 Å². The first-order valence-electron chi connectivity index (χ1n) is 9.21. The Balaban J connectivity index is 0.000000379. The molecule has 23 heavy (non-hydrogen) atoms. The van der Waals surface area contributed by atoms with Gasteiger partial charge in [-0.05, 0) is 38.2 Å². The number of quaternary nitrogens is 1. The van der Waals surface area contributed by atoms with Crippen molar-refractivity contribution >= 4 is 5.97 Å². The average molecular weight is 319 g/mol. The highest BCUT2D eigenvalue weighted by molar-refractivity contribution is 5.63. The fourth-order valence-electron chi connectivity index (χ4n) is 3.33. The molecule has 0 spiro atoms. The second-order valence-corrected chi connectivity index (χ2v) is 6.60. The van der Waals surface area contributed by atoms with E-state index in [9.17, 15) is 9.90 Å². The summed E-state index contributed by atoms with van der Waals surface area (Å²) in [6.07, 6.45) is 7.75. The zero-order valence-electron chi connectivity index (χ0n) is 14.9. The number of nitrogens with zero attached hydrogens (tertiary/aromatic N) is 1. The molecular weight excluding hydrogens is 286 g/mol. The molecule has 1 saturated heterocycles. The molecule has 1 fully saturated rings. The van der Waals surface area contributed by atoms with Crippen LogP contribution in [0.4, 0.5) is 0 Å². The molecule has 0 bridgehead atoms. The van der Waals surface area contributed by atoms with Crippen LogP contribution in [0.2, 0.25) is 0 Å². The monoisotopic (exact) mass is 319 g/mol. The Kier molecular flexibility index (Phi) is 9.61. The first-order valence-corrected chi connectivity index (χ1v) is 9.21. The zero-order chi connectivity index (χ0) is 17.0. The van der Waals surface area contributed by atoms with E-state index in [0.29, 0.717) is 6.42 Å². The summed E-state index contributed by atoms with van der Waals surface area (Å²) in [7, 11) is 0. The van der Waals surface area contributed by atoms with Crippen molar-refractivity contribution in [3.05, 3.63) is 35.9 Å². The third-order valence-electron chi connectivity index (χ3n) is 4.83. The van der Waals surface area contributed by atoms with Crippen LogP contribution in [-0.2, 0) is 11.2 Å². The summed E-state index contributed by atoms with van der Waals surface area (Å²) in [6.45, 7) is 9.77. The van der Waals surface area contributed by atoms with Gasteiger partial charge in [-0.25, -0.2) is 0 Å². The molecular formula is C20H33NO2. The van der Waals surface area contributed by atoms with Gasteiger partial charge < -0.3 is 14.4 Å².